The zero-order valence-electron chi connectivity index (χ0n) is 9.76. The lowest BCUT2D eigenvalue weighted by atomic mass is 9.95. The van der Waals surface area contributed by atoms with Gasteiger partial charge in [-0.05, 0) is 25.7 Å². The number of piperidine rings is 1. The van der Waals surface area contributed by atoms with Crippen molar-refractivity contribution in [1.29, 1.82) is 0 Å². The van der Waals surface area contributed by atoms with Gasteiger partial charge in [-0.2, -0.15) is 0 Å². The Labute approximate surface area is 95.7 Å². The van der Waals surface area contributed by atoms with Crippen LogP contribution in [0.15, 0.2) is 12.4 Å². The number of aromatic nitrogens is 2. The maximum Gasteiger partial charge on any atom is 0.225 e. The van der Waals surface area contributed by atoms with E-state index in [2.05, 4.69) is 28.7 Å². The molecule has 0 radical (unpaired) electrons. The minimum absolute atomic E-state index is 0.485. The molecule has 2 unspecified atom stereocenters. The van der Waals surface area contributed by atoms with Gasteiger partial charge < -0.3 is 4.90 Å². The average molecular weight is 219 g/mol. The number of anilines is 1. The molecule has 1 fully saturated rings. The first-order valence-corrected chi connectivity index (χ1v) is 5.74. The number of nitrogens with zero attached hydrogens (tertiary/aromatic N) is 3. The zero-order valence-corrected chi connectivity index (χ0v) is 9.76. The summed E-state index contributed by atoms with van der Waals surface area (Å²) >= 11 is 0. The van der Waals surface area contributed by atoms with Crippen LogP contribution in [0.2, 0.25) is 0 Å². The third kappa shape index (κ3) is 2.21. The zero-order chi connectivity index (χ0) is 11.5. The number of hydrogen-bond donors (Lipinski definition) is 0. The van der Waals surface area contributed by atoms with E-state index in [1.165, 1.54) is 12.8 Å². The highest BCUT2D eigenvalue weighted by molar-refractivity contribution is 5.73. The molecule has 0 N–H and O–H groups in total. The fraction of sp³-hybridized carbons (Fsp3) is 0.583. The third-order valence-corrected chi connectivity index (χ3v) is 3.17. The van der Waals surface area contributed by atoms with Crippen molar-refractivity contribution in [3.63, 3.8) is 0 Å². The molecule has 0 bridgehead atoms. The third-order valence-electron chi connectivity index (χ3n) is 3.17. The summed E-state index contributed by atoms with van der Waals surface area (Å²) in [4.78, 5) is 21.2. The first-order valence-electron chi connectivity index (χ1n) is 5.74. The summed E-state index contributed by atoms with van der Waals surface area (Å²) in [5, 5.41) is 0. The van der Waals surface area contributed by atoms with Gasteiger partial charge in [0.05, 0.1) is 5.56 Å². The second-order valence-corrected chi connectivity index (χ2v) is 4.62. The highest BCUT2D eigenvalue weighted by atomic mass is 16.1. The van der Waals surface area contributed by atoms with E-state index < -0.39 is 0 Å². The van der Waals surface area contributed by atoms with Crippen molar-refractivity contribution in [3.8, 4) is 0 Å². The van der Waals surface area contributed by atoms with Crippen molar-refractivity contribution in [3.05, 3.63) is 18.0 Å². The molecule has 0 spiro atoms. The first-order chi connectivity index (χ1) is 7.70. The molecule has 1 aliphatic rings. The molecule has 2 atom stereocenters. The monoisotopic (exact) mass is 219 g/mol. The van der Waals surface area contributed by atoms with Crippen molar-refractivity contribution in [1.82, 2.24) is 9.97 Å². The number of carbonyl (C=O) groups is 1. The molecule has 2 heterocycles. The number of hydrogen-bond acceptors (Lipinski definition) is 4. The molecule has 0 saturated carbocycles. The van der Waals surface area contributed by atoms with Crippen LogP contribution in [0.25, 0.3) is 0 Å². The average Bonchev–Trinajstić information content (AvgIpc) is 2.32. The van der Waals surface area contributed by atoms with Gasteiger partial charge in [0.2, 0.25) is 5.95 Å². The second-order valence-electron chi connectivity index (χ2n) is 4.62. The van der Waals surface area contributed by atoms with E-state index in [1.54, 1.807) is 12.4 Å². The molecule has 4 nitrogen and oxygen atoms in total. The molecule has 1 saturated heterocycles. The van der Waals surface area contributed by atoms with E-state index >= 15 is 0 Å². The molecular weight excluding hydrogens is 202 g/mol. The predicted octanol–water partition coefficient (Wildman–Crippen LogP) is 1.91. The van der Waals surface area contributed by atoms with Crippen LogP contribution in [0.1, 0.15) is 37.0 Å². The highest BCUT2D eigenvalue weighted by Gasteiger charge is 2.24. The number of aldehydes is 1. The van der Waals surface area contributed by atoms with E-state index in [-0.39, 0.29) is 0 Å². The van der Waals surface area contributed by atoms with Crippen molar-refractivity contribution in [2.45, 2.75) is 32.7 Å². The summed E-state index contributed by atoms with van der Waals surface area (Å²) in [7, 11) is 0. The Hall–Kier alpha value is -1.45. The maximum absolute atomic E-state index is 10.5. The van der Waals surface area contributed by atoms with Crippen LogP contribution < -0.4 is 4.90 Å². The van der Waals surface area contributed by atoms with Gasteiger partial charge in [0.25, 0.3) is 0 Å². The van der Waals surface area contributed by atoms with Gasteiger partial charge in [-0.15, -0.1) is 0 Å². The molecule has 1 aromatic rings. The molecule has 4 heteroatoms. The first kappa shape index (κ1) is 11.0. The quantitative estimate of drug-likeness (QED) is 0.713. The van der Waals surface area contributed by atoms with Crippen molar-refractivity contribution < 1.29 is 4.79 Å². The minimum atomic E-state index is 0.485. The summed E-state index contributed by atoms with van der Waals surface area (Å²) in [5.41, 5.74) is 0.529. The standard InChI is InChI=1S/C12H17N3O/c1-9-3-4-10(2)15(7-9)12-13-5-11(8-16)6-14-12/h5-6,8-10H,3-4,7H2,1-2H3. The maximum atomic E-state index is 10.5. The minimum Gasteiger partial charge on any atom is -0.338 e. The normalized spacial score (nSPS) is 25.5. The fourth-order valence-electron chi connectivity index (χ4n) is 2.11. The Bertz CT molecular complexity index is 363. The van der Waals surface area contributed by atoms with E-state index in [9.17, 15) is 4.79 Å². The largest absolute Gasteiger partial charge is 0.338 e. The Morgan fingerprint density at radius 1 is 1.31 bits per heavy atom. The van der Waals surface area contributed by atoms with Gasteiger partial charge >= 0.3 is 0 Å². The summed E-state index contributed by atoms with van der Waals surface area (Å²) in [6, 6.07) is 0.485. The molecule has 1 aromatic heterocycles. The number of rotatable bonds is 2. The van der Waals surface area contributed by atoms with Gasteiger partial charge in [0.15, 0.2) is 6.29 Å². The van der Waals surface area contributed by atoms with Gasteiger partial charge in [0.1, 0.15) is 0 Å². The SMILES string of the molecule is CC1CCC(C)N(c2ncc(C=O)cn2)C1. The Morgan fingerprint density at radius 2 is 2.00 bits per heavy atom. The van der Waals surface area contributed by atoms with Crippen LogP contribution in [0.5, 0.6) is 0 Å². The molecule has 2 rings (SSSR count). The summed E-state index contributed by atoms with van der Waals surface area (Å²) in [6.45, 7) is 5.45. The van der Waals surface area contributed by atoms with Gasteiger partial charge in [-0.3, -0.25) is 4.79 Å². The van der Waals surface area contributed by atoms with Gasteiger partial charge in [-0.25, -0.2) is 9.97 Å². The lowest BCUT2D eigenvalue weighted by Gasteiger charge is -2.36. The summed E-state index contributed by atoms with van der Waals surface area (Å²) in [5.74, 6) is 1.43. The molecule has 0 amide bonds. The molecule has 0 aromatic carbocycles. The highest BCUT2D eigenvalue weighted by Crippen LogP contribution is 2.24. The Balaban J connectivity index is 2.17. The van der Waals surface area contributed by atoms with Crippen LogP contribution in [0.3, 0.4) is 0 Å². The van der Waals surface area contributed by atoms with Crippen LogP contribution in [-0.4, -0.2) is 28.8 Å². The van der Waals surface area contributed by atoms with Crippen LogP contribution in [-0.2, 0) is 0 Å². The van der Waals surface area contributed by atoms with Crippen LogP contribution >= 0.6 is 0 Å². The fourth-order valence-corrected chi connectivity index (χ4v) is 2.11. The van der Waals surface area contributed by atoms with Crippen molar-refractivity contribution in [2.24, 2.45) is 5.92 Å². The van der Waals surface area contributed by atoms with E-state index in [0.29, 0.717) is 17.5 Å². The predicted molar refractivity (Wildman–Crippen MR) is 62.6 cm³/mol. The lowest BCUT2D eigenvalue weighted by molar-refractivity contribution is 0.112. The molecule has 0 aliphatic carbocycles. The van der Waals surface area contributed by atoms with Gasteiger partial charge in [0, 0.05) is 25.0 Å². The molecule has 86 valence electrons. The van der Waals surface area contributed by atoms with Crippen LogP contribution in [0.4, 0.5) is 5.95 Å². The smallest absolute Gasteiger partial charge is 0.225 e. The molecule has 16 heavy (non-hydrogen) atoms. The molecular formula is C12H17N3O. The van der Waals surface area contributed by atoms with E-state index in [1.807, 2.05) is 0 Å². The number of carbonyl (C=O) groups excluding carboxylic acids is 1. The van der Waals surface area contributed by atoms with Crippen molar-refractivity contribution >= 4 is 12.2 Å². The second kappa shape index (κ2) is 4.60. The van der Waals surface area contributed by atoms with Crippen molar-refractivity contribution in [2.75, 3.05) is 11.4 Å². The summed E-state index contributed by atoms with van der Waals surface area (Å²) < 4.78 is 0. The Kier molecular flexibility index (Phi) is 3.17. The summed E-state index contributed by atoms with van der Waals surface area (Å²) in [6.07, 6.45) is 6.39. The molecule has 1 aliphatic heterocycles. The topological polar surface area (TPSA) is 46.1 Å². The van der Waals surface area contributed by atoms with E-state index in [0.717, 1.165) is 18.8 Å². The van der Waals surface area contributed by atoms with E-state index in [4.69, 9.17) is 0 Å². The Morgan fingerprint density at radius 3 is 2.62 bits per heavy atom. The van der Waals surface area contributed by atoms with Gasteiger partial charge in [-0.1, -0.05) is 6.92 Å². The lowest BCUT2D eigenvalue weighted by Crippen LogP contribution is -2.42. The van der Waals surface area contributed by atoms with Crippen LogP contribution in [0, 0.1) is 5.92 Å².